The summed E-state index contributed by atoms with van der Waals surface area (Å²) >= 11 is 0. The van der Waals surface area contributed by atoms with Gasteiger partial charge in [0.25, 0.3) is 0 Å². The van der Waals surface area contributed by atoms with Gasteiger partial charge in [0.1, 0.15) is 0 Å². The molecule has 9 rings (SSSR count). The number of hydrogen-bond donors (Lipinski definition) is 2. The molecule has 12 nitrogen and oxygen atoms in total. The number of hydrogen-bond acceptors (Lipinski definition) is 12. The van der Waals surface area contributed by atoms with Crippen molar-refractivity contribution >= 4 is 17.9 Å². The SMILES string of the molecule is CCC1=C[C@@H]2CN(C1)CC1C3CCCCC3NC1[C@@](C(=O)OC)(C1CC3C(CC1OC)N(C)[C@H]1[C@@](O)(C(=O)OC)[C@H](OC(C)=O)[C@]4(CC)C=CCN5CC[C@]31[C@@H]54)C2. The fraction of sp³-hybridized carbons (Fsp3) is 0.844. The summed E-state index contributed by atoms with van der Waals surface area (Å²) in [6.07, 6.45) is 14.5. The summed E-state index contributed by atoms with van der Waals surface area (Å²) in [6, 6.07) is -0.542. The Morgan fingerprint density at radius 3 is 2.46 bits per heavy atom. The Morgan fingerprint density at radius 2 is 1.75 bits per heavy atom. The number of aliphatic hydroxyl groups is 1. The van der Waals surface area contributed by atoms with Crippen LogP contribution in [0.3, 0.4) is 0 Å². The molecule has 4 saturated heterocycles. The number of fused-ring (bicyclic) bond motifs is 6. The molecule has 0 aromatic heterocycles. The van der Waals surface area contributed by atoms with E-state index in [-0.39, 0.29) is 48.0 Å². The average molecular weight is 793 g/mol. The number of nitrogens with one attached hydrogen (secondary N) is 1. The van der Waals surface area contributed by atoms with Crippen LogP contribution in [-0.2, 0) is 33.3 Å². The summed E-state index contributed by atoms with van der Waals surface area (Å²) in [4.78, 5) is 50.2. The van der Waals surface area contributed by atoms with Crippen LogP contribution in [0.4, 0.5) is 0 Å². The highest BCUT2D eigenvalue weighted by atomic mass is 16.6. The number of carbonyl (C=O) groups is 3. The van der Waals surface area contributed by atoms with E-state index in [1.54, 1.807) is 14.2 Å². The molecule has 0 amide bonds. The second-order valence-corrected chi connectivity index (χ2v) is 19.8. The van der Waals surface area contributed by atoms with Crippen LogP contribution in [0.1, 0.15) is 85.0 Å². The minimum absolute atomic E-state index is 0.00415. The van der Waals surface area contributed by atoms with Crippen molar-refractivity contribution in [1.29, 1.82) is 0 Å². The monoisotopic (exact) mass is 793 g/mol. The van der Waals surface area contributed by atoms with Crippen LogP contribution in [0.2, 0.25) is 0 Å². The number of likely N-dealkylation sites (tertiary alicyclic amines) is 1. The highest BCUT2D eigenvalue weighted by Crippen LogP contribution is 2.71. The zero-order valence-corrected chi connectivity index (χ0v) is 35.4. The van der Waals surface area contributed by atoms with E-state index in [0.717, 1.165) is 52.0 Å². The van der Waals surface area contributed by atoms with Crippen LogP contribution in [0, 0.1) is 45.8 Å². The zero-order valence-electron chi connectivity index (χ0n) is 35.4. The molecule has 3 aliphatic carbocycles. The maximum atomic E-state index is 15.3. The summed E-state index contributed by atoms with van der Waals surface area (Å²) in [5.74, 6) is -0.578. The second-order valence-electron chi connectivity index (χ2n) is 19.8. The van der Waals surface area contributed by atoms with E-state index >= 15 is 4.79 Å². The Hall–Kier alpha value is -2.35. The number of methoxy groups -OCH3 is 3. The molecule has 12 heteroatoms. The summed E-state index contributed by atoms with van der Waals surface area (Å²) in [7, 11) is 6.75. The molecule has 17 atom stereocenters. The van der Waals surface area contributed by atoms with E-state index in [4.69, 9.17) is 18.9 Å². The van der Waals surface area contributed by atoms with E-state index in [2.05, 4.69) is 52.1 Å². The van der Waals surface area contributed by atoms with Crippen LogP contribution < -0.4 is 5.32 Å². The Morgan fingerprint density at radius 1 is 0.982 bits per heavy atom. The molecule has 9 unspecified atom stereocenters. The van der Waals surface area contributed by atoms with E-state index < -0.39 is 45.9 Å². The van der Waals surface area contributed by atoms with Crippen molar-refractivity contribution in [3.8, 4) is 0 Å². The lowest BCUT2D eigenvalue weighted by Crippen LogP contribution is -2.80. The van der Waals surface area contributed by atoms with E-state index in [1.807, 2.05) is 7.05 Å². The standard InChI is InChI=1S/C45H68N4O8/c1-8-27-19-28-22-44(40(51)55-6,36-30(25-48(23-27)24-28)29-13-10-11-14-33(29)46-36)32-20-31-34(21-35(32)54-5)47(4)38-43(31)16-18-49-17-12-15-42(9-2,37(43)49)39(57-26(3)50)45(38,53)41(52)56-7/h12,15,19,28-39,46,53H,8-11,13-14,16-18,20-25H2,1-7H3/t28-,29?,30?,31?,32?,33?,34?,35?,36?,37-,38+,39+,42+,43+,44-,45-/m0/s1. The fourth-order valence-electron chi connectivity index (χ4n) is 16.3. The maximum absolute atomic E-state index is 15.3. The van der Waals surface area contributed by atoms with Crippen molar-refractivity contribution in [2.24, 2.45) is 45.8 Å². The van der Waals surface area contributed by atoms with Crippen LogP contribution in [0.5, 0.6) is 0 Å². The normalized spacial score (nSPS) is 49.9. The van der Waals surface area contributed by atoms with Crippen LogP contribution in [0.25, 0.3) is 0 Å². The fourth-order valence-corrected chi connectivity index (χ4v) is 16.3. The highest BCUT2D eigenvalue weighted by molar-refractivity contribution is 5.83. The zero-order chi connectivity index (χ0) is 40.2. The first kappa shape index (κ1) is 40.1. The van der Waals surface area contributed by atoms with Crippen LogP contribution >= 0.6 is 0 Å². The molecule has 0 aromatic carbocycles. The molecule has 316 valence electrons. The first-order valence-corrected chi connectivity index (χ1v) is 22.3. The van der Waals surface area contributed by atoms with Crippen molar-refractivity contribution in [2.45, 2.75) is 133 Å². The molecular formula is C45H68N4O8. The van der Waals surface area contributed by atoms with Crippen LogP contribution in [-0.4, -0.2) is 147 Å². The van der Waals surface area contributed by atoms with Crippen molar-refractivity contribution < 1.29 is 38.4 Å². The Bertz CT molecular complexity index is 1690. The van der Waals surface area contributed by atoms with Gasteiger partial charge in [0.05, 0.1) is 31.8 Å². The number of rotatable bonds is 7. The highest BCUT2D eigenvalue weighted by Gasteiger charge is 2.83. The number of nitrogens with zero attached hydrogens (tertiary/aromatic N) is 3. The van der Waals surface area contributed by atoms with Crippen molar-refractivity contribution in [2.75, 3.05) is 61.1 Å². The first-order chi connectivity index (χ1) is 27.4. The maximum Gasteiger partial charge on any atom is 0.343 e. The van der Waals surface area contributed by atoms with Gasteiger partial charge in [-0.3, -0.25) is 24.3 Å². The lowest BCUT2D eigenvalue weighted by molar-refractivity contribution is -0.250. The van der Waals surface area contributed by atoms with E-state index in [0.29, 0.717) is 43.6 Å². The third-order valence-electron chi connectivity index (χ3n) is 17.9. The Kier molecular flexibility index (Phi) is 10.1. The molecule has 7 fully saturated rings. The predicted molar refractivity (Wildman–Crippen MR) is 213 cm³/mol. The topological polar surface area (TPSA) is 130 Å². The number of carbonyl (C=O) groups excluding carboxylic acids is 3. The lowest BCUT2D eigenvalue weighted by atomic mass is 9.44. The summed E-state index contributed by atoms with van der Waals surface area (Å²) in [5, 5.41) is 17.6. The summed E-state index contributed by atoms with van der Waals surface area (Å²) < 4.78 is 24.5. The quantitative estimate of drug-likeness (QED) is 0.222. The number of likely N-dealkylation sites (N-methyl/N-ethyl adjacent to an activating group) is 1. The van der Waals surface area contributed by atoms with Crippen LogP contribution in [0.15, 0.2) is 23.8 Å². The van der Waals surface area contributed by atoms with Gasteiger partial charge in [0.15, 0.2) is 6.10 Å². The minimum atomic E-state index is -2.14. The molecular weight excluding hydrogens is 725 g/mol. The molecule has 9 aliphatic rings. The molecule has 1 spiro atoms. The van der Waals surface area contributed by atoms with Crippen molar-refractivity contribution in [3.05, 3.63) is 23.8 Å². The van der Waals surface area contributed by atoms with Crippen molar-refractivity contribution in [3.63, 3.8) is 0 Å². The average Bonchev–Trinajstić information content (AvgIpc) is 3.87. The molecule has 0 radical (unpaired) electrons. The summed E-state index contributed by atoms with van der Waals surface area (Å²) in [6.45, 7) is 10.2. The third kappa shape index (κ3) is 5.34. The van der Waals surface area contributed by atoms with Gasteiger partial charge in [-0.1, -0.05) is 50.5 Å². The van der Waals surface area contributed by atoms with Gasteiger partial charge in [-0.2, -0.15) is 0 Å². The molecule has 57 heavy (non-hydrogen) atoms. The molecule has 2 bridgehead atoms. The molecule has 0 aromatic rings. The van der Waals surface area contributed by atoms with Gasteiger partial charge in [-0.15, -0.1) is 0 Å². The van der Waals surface area contributed by atoms with E-state index in [9.17, 15) is 14.7 Å². The summed E-state index contributed by atoms with van der Waals surface area (Å²) in [5.41, 5.74) is -2.97. The van der Waals surface area contributed by atoms with Gasteiger partial charge in [0, 0.05) is 81.1 Å². The Labute approximate surface area is 339 Å². The largest absolute Gasteiger partial charge is 0.469 e. The minimum Gasteiger partial charge on any atom is -0.469 e. The smallest absolute Gasteiger partial charge is 0.343 e. The molecule has 6 aliphatic heterocycles. The van der Waals surface area contributed by atoms with E-state index in [1.165, 1.54) is 38.9 Å². The first-order valence-electron chi connectivity index (χ1n) is 22.3. The van der Waals surface area contributed by atoms with Gasteiger partial charge in [-0.25, -0.2) is 4.79 Å². The molecule has 3 saturated carbocycles. The van der Waals surface area contributed by atoms with Gasteiger partial charge in [0.2, 0.25) is 5.60 Å². The lowest BCUT2D eigenvalue weighted by Gasteiger charge is -2.64. The molecule has 2 N–H and O–H groups in total. The second kappa shape index (κ2) is 14.4. The Balaban J connectivity index is 1.23. The van der Waals surface area contributed by atoms with Crippen molar-refractivity contribution in [1.82, 2.24) is 20.0 Å². The van der Waals surface area contributed by atoms with Gasteiger partial charge < -0.3 is 29.4 Å². The van der Waals surface area contributed by atoms with Gasteiger partial charge >= 0.3 is 17.9 Å². The number of esters is 3. The van der Waals surface area contributed by atoms with Gasteiger partial charge in [-0.05, 0) is 88.6 Å². The molecule has 6 heterocycles. The number of ether oxygens (including phenoxy) is 4. The third-order valence-corrected chi connectivity index (χ3v) is 17.9. The predicted octanol–water partition coefficient (Wildman–Crippen LogP) is 3.56.